The quantitative estimate of drug-likeness (QED) is 0.838. The summed E-state index contributed by atoms with van der Waals surface area (Å²) in [7, 11) is 0. The van der Waals surface area contributed by atoms with E-state index in [0.29, 0.717) is 26.1 Å². The van der Waals surface area contributed by atoms with Crippen molar-refractivity contribution in [2.45, 2.75) is 19.3 Å². The molecule has 0 aromatic heterocycles. The number of hydrogen-bond acceptors (Lipinski definition) is 3. The zero-order chi connectivity index (χ0) is 14.4. The standard InChI is InChI=1S/C16H18O4/c17-15(13-6-8-20-9-7-13)11-14(16(18)19)10-12-4-2-1-3-5-12/h1-5,10,13H,6-9,11H2,(H,18,19). The third kappa shape index (κ3) is 4.03. The van der Waals surface area contributed by atoms with Gasteiger partial charge in [0.2, 0.25) is 0 Å². The van der Waals surface area contributed by atoms with Crippen molar-refractivity contribution in [1.82, 2.24) is 0 Å². The summed E-state index contributed by atoms with van der Waals surface area (Å²) in [6.45, 7) is 1.17. The van der Waals surface area contributed by atoms with Gasteiger partial charge >= 0.3 is 5.97 Å². The summed E-state index contributed by atoms with van der Waals surface area (Å²) in [5.74, 6) is -1.10. The molecule has 0 amide bonds. The lowest BCUT2D eigenvalue weighted by Gasteiger charge is -2.20. The number of ether oxygens (including phenoxy) is 1. The zero-order valence-corrected chi connectivity index (χ0v) is 11.2. The van der Waals surface area contributed by atoms with Crippen LogP contribution >= 0.6 is 0 Å². The molecule has 0 atom stereocenters. The second-order valence-corrected chi connectivity index (χ2v) is 4.92. The van der Waals surface area contributed by atoms with Crippen molar-refractivity contribution in [3.05, 3.63) is 41.5 Å². The minimum Gasteiger partial charge on any atom is -0.478 e. The largest absolute Gasteiger partial charge is 0.478 e. The monoisotopic (exact) mass is 274 g/mol. The van der Waals surface area contributed by atoms with Gasteiger partial charge in [-0.1, -0.05) is 30.3 Å². The number of carboxylic acid groups (broad SMARTS) is 1. The molecule has 0 radical (unpaired) electrons. The number of rotatable bonds is 5. The second kappa shape index (κ2) is 7.01. The maximum absolute atomic E-state index is 12.1. The second-order valence-electron chi connectivity index (χ2n) is 4.92. The minimum absolute atomic E-state index is 0.00196. The molecule has 2 rings (SSSR count). The van der Waals surface area contributed by atoms with Crippen molar-refractivity contribution in [3.63, 3.8) is 0 Å². The van der Waals surface area contributed by atoms with E-state index in [1.807, 2.05) is 30.3 Å². The van der Waals surface area contributed by atoms with Gasteiger partial charge in [0.15, 0.2) is 0 Å². The van der Waals surface area contributed by atoms with Crippen LogP contribution in [-0.4, -0.2) is 30.1 Å². The van der Waals surface area contributed by atoms with Crippen LogP contribution < -0.4 is 0 Å². The van der Waals surface area contributed by atoms with Crippen LogP contribution in [-0.2, 0) is 14.3 Å². The van der Waals surface area contributed by atoms with E-state index < -0.39 is 5.97 Å². The first-order valence-electron chi connectivity index (χ1n) is 6.76. The average molecular weight is 274 g/mol. The molecular formula is C16H18O4. The maximum Gasteiger partial charge on any atom is 0.332 e. The molecule has 1 N–H and O–H groups in total. The molecule has 0 spiro atoms. The third-order valence-electron chi connectivity index (χ3n) is 3.46. The number of carbonyl (C=O) groups is 2. The van der Waals surface area contributed by atoms with Gasteiger partial charge in [0.1, 0.15) is 5.78 Å². The zero-order valence-electron chi connectivity index (χ0n) is 11.2. The highest BCUT2D eigenvalue weighted by molar-refractivity contribution is 5.99. The van der Waals surface area contributed by atoms with E-state index in [0.717, 1.165) is 5.56 Å². The Morgan fingerprint density at radius 2 is 1.85 bits per heavy atom. The summed E-state index contributed by atoms with van der Waals surface area (Å²) in [4.78, 5) is 23.4. The molecule has 0 saturated carbocycles. The summed E-state index contributed by atoms with van der Waals surface area (Å²) in [5, 5.41) is 9.24. The summed E-state index contributed by atoms with van der Waals surface area (Å²) in [6, 6.07) is 9.19. The van der Waals surface area contributed by atoms with Crippen LogP contribution in [0.15, 0.2) is 35.9 Å². The topological polar surface area (TPSA) is 63.6 Å². The SMILES string of the molecule is O=C(O)C(=Cc1ccccc1)CC(=O)C1CCOCC1. The van der Waals surface area contributed by atoms with E-state index in [1.54, 1.807) is 6.08 Å². The average Bonchev–Trinajstić information content (AvgIpc) is 2.48. The number of benzene rings is 1. The molecule has 1 aliphatic heterocycles. The normalized spacial score (nSPS) is 16.9. The fraction of sp³-hybridized carbons (Fsp3) is 0.375. The van der Waals surface area contributed by atoms with Gasteiger partial charge in [0, 0.05) is 31.1 Å². The Kier molecular flexibility index (Phi) is 5.07. The van der Waals surface area contributed by atoms with Gasteiger partial charge in [-0.25, -0.2) is 4.79 Å². The number of carbonyl (C=O) groups excluding carboxylic acids is 1. The van der Waals surface area contributed by atoms with Crippen molar-refractivity contribution in [2.24, 2.45) is 5.92 Å². The highest BCUT2D eigenvalue weighted by Crippen LogP contribution is 2.20. The lowest BCUT2D eigenvalue weighted by molar-refractivity contribution is -0.134. The summed E-state index contributed by atoms with van der Waals surface area (Å²) >= 11 is 0. The highest BCUT2D eigenvalue weighted by atomic mass is 16.5. The molecule has 1 fully saturated rings. The molecule has 20 heavy (non-hydrogen) atoms. The highest BCUT2D eigenvalue weighted by Gasteiger charge is 2.23. The molecule has 1 aromatic carbocycles. The van der Waals surface area contributed by atoms with Gasteiger partial charge in [-0.3, -0.25) is 4.79 Å². The molecule has 0 unspecified atom stereocenters. The van der Waals surface area contributed by atoms with Crippen molar-refractivity contribution < 1.29 is 19.4 Å². The summed E-state index contributed by atoms with van der Waals surface area (Å²) in [6.07, 6.45) is 2.93. The number of carboxylic acids is 1. The summed E-state index contributed by atoms with van der Waals surface area (Å²) < 4.78 is 5.21. The number of Topliss-reactive ketones (excluding diaryl/α,β-unsaturated/α-hetero) is 1. The van der Waals surface area contributed by atoms with E-state index in [1.165, 1.54) is 0 Å². The van der Waals surface area contributed by atoms with Gasteiger partial charge < -0.3 is 9.84 Å². The van der Waals surface area contributed by atoms with E-state index in [2.05, 4.69) is 0 Å². The van der Waals surface area contributed by atoms with Crippen LogP contribution in [0.3, 0.4) is 0 Å². The molecule has 0 bridgehead atoms. The van der Waals surface area contributed by atoms with E-state index in [-0.39, 0.29) is 23.7 Å². The van der Waals surface area contributed by atoms with E-state index >= 15 is 0 Å². The molecule has 1 aliphatic rings. The molecule has 4 nitrogen and oxygen atoms in total. The number of hydrogen-bond donors (Lipinski definition) is 1. The fourth-order valence-corrected chi connectivity index (χ4v) is 2.29. The molecule has 0 aliphatic carbocycles. The molecule has 1 heterocycles. The summed E-state index contributed by atoms with van der Waals surface area (Å²) in [5.41, 5.74) is 0.942. The van der Waals surface area contributed by atoms with Crippen LogP contribution in [0.4, 0.5) is 0 Å². The predicted molar refractivity (Wildman–Crippen MR) is 75.2 cm³/mol. The predicted octanol–water partition coefficient (Wildman–Crippen LogP) is 2.54. The Labute approximate surface area is 118 Å². The molecule has 106 valence electrons. The molecular weight excluding hydrogens is 256 g/mol. The van der Waals surface area contributed by atoms with Crippen molar-refractivity contribution >= 4 is 17.8 Å². The Morgan fingerprint density at radius 3 is 2.45 bits per heavy atom. The molecule has 1 saturated heterocycles. The smallest absolute Gasteiger partial charge is 0.332 e. The Morgan fingerprint density at radius 1 is 1.20 bits per heavy atom. The molecule has 4 heteroatoms. The fourth-order valence-electron chi connectivity index (χ4n) is 2.29. The van der Waals surface area contributed by atoms with Crippen LogP contribution in [0, 0.1) is 5.92 Å². The first kappa shape index (κ1) is 14.5. The lowest BCUT2D eigenvalue weighted by Crippen LogP contribution is -2.24. The van der Waals surface area contributed by atoms with E-state index in [4.69, 9.17) is 4.74 Å². The van der Waals surface area contributed by atoms with Crippen molar-refractivity contribution in [2.75, 3.05) is 13.2 Å². The Balaban J connectivity index is 2.08. The third-order valence-corrected chi connectivity index (χ3v) is 3.46. The van der Waals surface area contributed by atoms with Crippen molar-refractivity contribution in [3.8, 4) is 0 Å². The van der Waals surface area contributed by atoms with Gasteiger partial charge in [0.25, 0.3) is 0 Å². The van der Waals surface area contributed by atoms with Gasteiger partial charge in [-0.05, 0) is 24.5 Å². The van der Waals surface area contributed by atoms with Crippen LogP contribution in [0.5, 0.6) is 0 Å². The number of aliphatic carboxylic acids is 1. The van der Waals surface area contributed by atoms with E-state index in [9.17, 15) is 14.7 Å². The molecule has 1 aromatic rings. The number of ketones is 1. The van der Waals surface area contributed by atoms with Gasteiger partial charge in [-0.2, -0.15) is 0 Å². The van der Waals surface area contributed by atoms with Crippen LogP contribution in [0.1, 0.15) is 24.8 Å². The lowest BCUT2D eigenvalue weighted by atomic mass is 9.91. The maximum atomic E-state index is 12.1. The van der Waals surface area contributed by atoms with Crippen LogP contribution in [0.25, 0.3) is 6.08 Å². The van der Waals surface area contributed by atoms with Crippen molar-refractivity contribution in [1.29, 1.82) is 0 Å². The first-order chi connectivity index (χ1) is 9.66. The minimum atomic E-state index is -1.03. The Hall–Kier alpha value is -1.94. The van der Waals surface area contributed by atoms with Gasteiger partial charge in [0.05, 0.1) is 0 Å². The van der Waals surface area contributed by atoms with Gasteiger partial charge in [-0.15, -0.1) is 0 Å². The Bertz CT molecular complexity index is 498. The van der Waals surface area contributed by atoms with Crippen LogP contribution in [0.2, 0.25) is 0 Å². The first-order valence-corrected chi connectivity index (χ1v) is 6.76.